The molecule has 0 spiro atoms. The monoisotopic (exact) mass is 285 g/mol. The fourth-order valence-corrected chi connectivity index (χ4v) is 3.10. The van der Waals surface area contributed by atoms with Gasteiger partial charge in [0.05, 0.1) is 5.75 Å². The molecular weight excluding hydrogens is 275 g/mol. The second-order valence-electron chi connectivity index (χ2n) is 3.35. The van der Waals surface area contributed by atoms with Gasteiger partial charge in [0, 0.05) is 23.1 Å². The maximum absolute atomic E-state index is 12.3. The Labute approximate surface area is 101 Å². The van der Waals surface area contributed by atoms with Crippen molar-refractivity contribution in [3.8, 4) is 0 Å². The van der Waals surface area contributed by atoms with Crippen LogP contribution in [0.1, 0.15) is 5.69 Å². The summed E-state index contributed by atoms with van der Waals surface area (Å²) in [6, 6.07) is 2.33. The summed E-state index contributed by atoms with van der Waals surface area (Å²) >= 11 is 1.06. The van der Waals surface area contributed by atoms with E-state index in [1.807, 2.05) is 0 Å². The van der Waals surface area contributed by atoms with Gasteiger partial charge in [-0.15, -0.1) is 11.8 Å². The molecule has 0 atom stereocenters. The van der Waals surface area contributed by atoms with E-state index in [0.717, 1.165) is 30.3 Å². The van der Waals surface area contributed by atoms with E-state index < -0.39 is 21.7 Å². The SMILES string of the molecule is CS(=O)(=O)CCSc1ccnc(C(F)(F)F)c1. The number of rotatable bonds is 4. The molecule has 1 aromatic rings. The number of alkyl halides is 3. The van der Waals surface area contributed by atoms with E-state index in [-0.39, 0.29) is 11.5 Å². The van der Waals surface area contributed by atoms with Crippen LogP contribution < -0.4 is 0 Å². The predicted molar refractivity (Wildman–Crippen MR) is 59.7 cm³/mol. The molecule has 0 saturated carbocycles. The smallest absolute Gasteiger partial charge is 0.252 e. The van der Waals surface area contributed by atoms with Gasteiger partial charge in [-0.25, -0.2) is 8.42 Å². The molecule has 0 bridgehead atoms. The molecule has 0 aliphatic rings. The van der Waals surface area contributed by atoms with Crippen LogP contribution in [-0.4, -0.2) is 31.2 Å². The summed E-state index contributed by atoms with van der Waals surface area (Å²) < 4.78 is 58.6. The van der Waals surface area contributed by atoms with E-state index in [9.17, 15) is 21.6 Å². The summed E-state index contributed by atoms with van der Waals surface area (Å²) in [6.07, 6.45) is -2.33. The van der Waals surface area contributed by atoms with Crippen molar-refractivity contribution < 1.29 is 21.6 Å². The van der Waals surface area contributed by atoms with Gasteiger partial charge in [0.2, 0.25) is 0 Å². The lowest BCUT2D eigenvalue weighted by Gasteiger charge is -2.07. The molecule has 0 amide bonds. The van der Waals surface area contributed by atoms with E-state index in [1.54, 1.807) is 0 Å². The predicted octanol–water partition coefficient (Wildman–Crippen LogP) is 2.24. The second kappa shape index (κ2) is 5.26. The van der Waals surface area contributed by atoms with Crippen LogP contribution in [0.15, 0.2) is 23.2 Å². The van der Waals surface area contributed by atoms with E-state index in [1.165, 1.54) is 6.07 Å². The molecular formula is C9H10F3NO2S2. The van der Waals surface area contributed by atoms with Gasteiger partial charge in [0.1, 0.15) is 15.5 Å². The van der Waals surface area contributed by atoms with Gasteiger partial charge in [-0.1, -0.05) is 0 Å². The van der Waals surface area contributed by atoms with Crippen LogP contribution in [0.5, 0.6) is 0 Å². The molecule has 0 aromatic carbocycles. The van der Waals surface area contributed by atoms with Crippen molar-refractivity contribution >= 4 is 21.6 Å². The van der Waals surface area contributed by atoms with Gasteiger partial charge < -0.3 is 0 Å². The molecule has 17 heavy (non-hydrogen) atoms. The second-order valence-corrected chi connectivity index (χ2v) is 6.78. The Balaban J connectivity index is 2.67. The number of hydrogen-bond acceptors (Lipinski definition) is 4. The lowest BCUT2D eigenvalue weighted by Crippen LogP contribution is -2.08. The maximum atomic E-state index is 12.3. The Kier molecular flexibility index (Phi) is 4.42. The molecule has 1 heterocycles. The number of aromatic nitrogens is 1. The van der Waals surface area contributed by atoms with Gasteiger partial charge in [-0.05, 0) is 12.1 Å². The third kappa shape index (κ3) is 5.40. The standard InChI is InChI=1S/C9H10F3NO2S2/c1-17(14,15)5-4-16-7-2-3-13-8(6-7)9(10,11)12/h2-3,6H,4-5H2,1H3. The highest BCUT2D eigenvalue weighted by Gasteiger charge is 2.32. The summed E-state index contributed by atoms with van der Waals surface area (Å²) in [6.45, 7) is 0. The summed E-state index contributed by atoms with van der Waals surface area (Å²) in [4.78, 5) is 3.57. The van der Waals surface area contributed by atoms with Crippen molar-refractivity contribution in [2.75, 3.05) is 17.8 Å². The van der Waals surface area contributed by atoms with Crippen molar-refractivity contribution in [3.05, 3.63) is 24.0 Å². The zero-order valence-corrected chi connectivity index (χ0v) is 10.5. The highest BCUT2D eigenvalue weighted by molar-refractivity contribution is 8.00. The first-order valence-corrected chi connectivity index (χ1v) is 7.57. The van der Waals surface area contributed by atoms with Gasteiger partial charge in [0.25, 0.3) is 0 Å². The van der Waals surface area contributed by atoms with Crippen LogP contribution >= 0.6 is 11.8 Å². The molecule has 0 fully saturated rings. The number of thioether (sulfide) groups is 1. The van der Waals surface area contributed by atoms with Crippen LogP contribution in [0.4, 0.5) is 13.2 Å². The van der Waals surface area contributed by atoms with Crippen LogP contribution in [0.3, 0.4) is 0 Å². The Morgan fingerprint density at radius 1 is 1.41 bits per heavy atom. The highest BCUT2D eigenvalue weighted by atomic mass is 32.2. The molecule has 3 nitrogen and oxygen atoms in total. The van der Waals surface area contributed by atoms with Crippen molar-refractivity contribution in [2.24, 2.45) is 0 Å². The maximum Gasteiger partial charge on any atom is 0.433 e. The topological polar surface area (TPSA) is 47.0 Å². The number of sulfone groups is 1. The average Bonchev–Trinajstić information content (AvgIpc) is 2.15. The van der Waals surface area contributed by atoms with E-state index >= 15 is 0 Å². The van der Waals surface area contributed by atoms with Gasteiger partial charge in [0.15, 0.2) is 0 Å². The minimum atomic E-state index is -4.48. The van der Waals surface area contributed by atoms with Crippen LogP contribution in [0.25, 0.3) is 0 Å². The van der Waals surface area contributed by atoms with Crippen molar-refractivity contribution in [1.82, 2.24) is 4.98 Å². The largest absolute Gasteiger partial charge is 0.433 e. The number of hydrogen-bond donors (Lipinski definition) is 0. The Morgan fingerprint density at radius 3 is 2.59 bits per heavy atom. The summed E-state index contributed by atoms with van der Waals surface area (Å²) in [5, 5.41) is 0. The molecule has 0 aliphatic carbocycles. The molecule has 0 aliphatic heterocycles. The molecule has 0 saturated heterocycles. The normalized spacial score (nSPS) is 12.7. The summed E-state index contributed by atoms with van der Waals surface area (Å²) in [5.41, 5.74) is -0.971. The van der Waals surface area contributed by atoms with Crippen LogP contribution in [0, 0.1) is 0 Å². The first-order chi connectivity index (χ1) is 7.68. The minimum Gasteiger partial charge on any atom is -0.252 e. The van der Waals surface area contributed by atoms with Gasteiger partial charge in [-0.3, -0.25) is 4.98 Å². The fourth-order valence-electron chi connectivity index (χ4n) is 0.967. The van der Waals surface area contributed by atoms with Crippen molar-refractivity contribution in [2.45, 2.75) is 11.1 Å². The first-order valence-electron chi connectivity index (χ1n) is 4.52. The molecule has 1 aromatic heterocycles. The Morgan fingerprint density at radius 2 is 2.06 bits per heavy atom. The molecule has 0 N–H and O–H groups in total. The average molecular weight is 285 g/mol. The molecule has 0 radical (unpaired) electrons. The molecule has 96 valence electrons. The van der Waals surface area contributed by atoms with Crippen molar-refractivity contribution in [1.29, 1.82) is 0 Å². The van der Waals surface area contributed by atoms with Crippen molar-refractivity contribution in [3.63, 3.8) is 0 Å². The zero-order valence-electron chi connectivity index (χ0n) is 8.86. The lowest BCUT2D eigenvalue weighted by molar-refractivity contribution is -0.141. The quantitative estimate of drug-likeness (QED) is 0.796. The summed E-state index contributed by atoms with van der Waals surface area (Å²) in [5.74, 6) is 0.154. The molecule has 8 heteroatoms. The van der Waals surface area contributed by atoms with Gasteiger partial charge >= 0.3 is 6.18 Å². The van der Waals surface area contributed by atoms with Crippen LogP contribution in [-0.2, 0) is 16.0 Å². The third-order valence-corrected chi connectivity index (χ3v) is 3.94. The number of nitrogens with zero attached hydrogens (tertiary/aromatic N) is 1. The van der Waals surface area contributed by atoms with Crippen LogP contribution in [0.2, 0.25) is 0 Å². The number of pyridine rings is 1. The third-order valence-electron chi connectivity index (χ3n) is 1.74. The van der Waals surface area contributed by atoms with E-state index in [4.69, 9.17) is 0 Å². The Bertz CT molecular complexity index is 485. The number of halogens is 3. The fraction of sp³-hybridized carbons (Fsp3) is 0.444. The Hall–Kier alpha value is -0.760. The van der Waals surface area contributed by atoms with E-state index in [0.29, 0.717) is 4.90 Å². The molecule has 0 unspecified atom stereocenters. The first kappa shape index (κ1) is 14.3. The minimum absolute atomic E-state index is 0.0681. The van der Waals surface area contributed by atoms with E-state index in [2.05, 4.69) is 4.98 Å². The zero-order chi connectivity index (χ0) is 13.1. The van der Waals surface area contributed by atoms with Gasteiger partial charge in [-0.2, -0.15) is 13.2 Å². The lowest BCUT2D eigenvalue weighted by atomic mass is 10.3. The molecule has 1 rings (SSSR count). The summed E-state index contributed by atoms with van der Waals surface area (Å²) in [7, 11) is -3.09. The highest BCUT2D eigenvalue weighted by Crippen LogP contribution is 2.30.